The molecule has 1 aliphatic rings. The minimum Gasteiger partial charge on any atom is -0.380 e. The molecule has 2 heterocycles. The van der Waals surface area contributed by atoms with E-state index in [1.54, 1.807) is 31.4 Å². The maximum atomic E-state index is 12.5. The van der Waals surface area contributed by atoms with Crippen molar-refractivity contribution in [2.75, 3.05) is 30.4 Å². The number of nitriles is 1. The van der Waals surface area contributed by atoms with Crippen LogP contribution in [0.15, 0.2) is 48.5 Å². The van der Waals surface area contributed by atoms with Gasteiger partial charge in [0.15, 0.2) is 0 Å². The van der Waals surface area contributed by atoms with Crippen molar-refractivity contribution in [3.8, 4) is 6.07 Å². The molecule has 6 nitrogen and oxygen atoms in total. The Bertz CT molecular complexity index is 1100. The largest absolute Gasteiger partial charge is 0.380 e. The standard InChI is InChI=1S/C23H22N4O2/c1-15-11-22(27-10-9-19(14-27)29-2)20-8-7-18(12-21(20)25-15)26-23(28)17-5-3-16(13-24)4-6-17/h3-8,11-12,19H,9-10,14H2,1-2H3,(H,26,28). The van der Waals surface area contributed by atoms with E-state index < -0.39 is 0 Å². The molecule has 0 spiro atoms. The number of benzene rings is 2. The van der Waals surface area contributed by atoms with E-state index in [-0.39, 0.29) is 12.0 Å². The minimum atomic E-state index is -0.218. The van der Waals surface area contributed by atoms with Gasteiger partial charge in [0.05, 0.1) is 23.3 Å². The van der Waals surface area contributed by atoms with E-state index in [1.807, 2.05) is 25.1 Å². The van der Waals surface area contributed by atoms with Crippen molar-refractivity contribution < 1.29 is 9.53 Å². The molecule has 3 aromatic rings. The van der Waals surface area contributed by atoms with Crippen LogP contribution in [0.2, 0.25) is 0 Å². The predicted octanol–water partition coefficient (Wildman–Crippen LogP) is 3.89. The van der Waals surface area contributed by atoms with Crippen LogP contribution >= 0.6 is 0 Å². The van der Waals surface area contributed by atoms with Gasteiger partial charge in [-0.3, -0.25) is 9.78 Å². The van der Waals surface area contributed by atoms with Gasteiger partial charge < -0.3 is 15.0 Å². The average molecular weight is 386 g/mol. The molecule has 6 heteroatoms. The molecule has 146 valence electrons. The second-order valence-corrected chi connectivity index (χ2v) is 7.25. The van der Waals surface area contributed by atoms with Crippen molar-refractivity contribution in [3.05, 3.63) is 65.4 Å². The van der Waals surface area contributed by atoms with Gasteiger partial charge in [0.1, 0.15) is 0 Å². The number of aryl methyl sites for hydroxylation is 1. The molecule has 1 amide bonds. The number of carbonyl (C=O) groups excluding carboxylic acids is 1. The highest BCUT2D eigenvalue weighted by molar-refractivity contribution is 6.05. The van der Waals surface area contributed by atoms with E-state index in [9.17, 15) is 4.79 Å². The van der Waals surface area contributed by atoms with Crippen molar-refractivity contribution in [3.63, 3.8) is 0 Å². The molecule has 2 aromatic carbocycles. The summed E-state index contributed by atoms with van der Waals surface area (Å²) in [4.78, 5) is 19.5. The maximum Gasteiger partial charge on any atom is 0.255 e. The molecule has 0 saturated carbocycles. The fourth-order valence-electron chi connectivity index (χ4n) is 3.72. The molecule has 1 aromatic heterocycles. The highest BCUT2D eigenvalue weighted by Crippen LogP contribution is 2.31. The molecule has 29 heavy (non-hydrogen) atoms. The number of rotatable bonds is 4. The van der Waals surface area contributed by atoms with Gasteiger partial charge in [-0.1, -0.05) is 0 Å². The van der Waals surface area contributed by atoms with Gasteiger partial charge in [-0.05, 0) is 61.9 Å². The van der Waals surface area contributed by atoms with Crippen LogP contribution in [0.3, 0.4) is 0 Å². The molecule has 1 N–H and O–H groups in total. The summed E-state index contributed by atoms with van der Waals surface area (Å²) in [5.74, 6) is -0.218. The average Bonchev–Trinajstić information content (AvgIpc) is 3.22. The van der Waals surface area contributed by atoms with Crippen LogP contribution in [0.4, 0.5) is 11.4 Å². The van der Waals surface area contributed by atoms with E-state index >= 15 is 0 Å². The molecular formula is C23H22N4O2. The van der Waals surface area contributed by atoms with Crippen molar-refractivity contribution in [1.82, 2.24) is 4.98 Å². The predicted molar refractivity (Wildman–Crippen MR) is 113 cm³/mol. The summed E-state index contributed by atoms with van der Waals surface area (Å²) < 4.78 is 5.50. The van der Waals surface area contributed by atoms with Crippen LogP contribution < -0.4 is 10.2 Å². The molecule has 0 aliphatic carbocycles. The highest BCUT2D eigenvalue weighted by atomic mass is 16.5. The highest BCUT2D eigenvalue weighted by Gasteiger charge is 2.24. The Balaban J connectivity index is 1.61. The maximum absolute atomic E-state index is 12.5. The summed E-state index contributed by atoms with van der Waals surface area (Å²) in [7, 11) is 1.76. The van der Waals surface area contributed by atoms with Crippen molar-refractivity contribution in [1.29, 1.82) is 5.26 Å². The van der Waals surface area contributed by atoms with E-state index in [0.717, 1.165) is 41.8 Å². The number of amides is 1. The molecular weight excluding hydrogens is 364 g/mol. The third kappa shape index (κ3) is 3.91. The number of anilines is 2. The lowest BCUT2D eigenvalue weighted by molar-refractivity contribution is 0.102. The number of methoxy groups -OCH3 is 1. The van der Waals surface area contributed by atoms with Crippen LogP contribution in [0, 0.1) is 18.3 Å². The normalized spacial score (nSPS) is 16.0. The number of aromatic nitrogens is 1. The Labute approximate surface area is 169 Å². The fourth-order valence-corrected chi connectivity index (χ4v) is 3.72. The van der Waals surface area contributed by atoms with Gasteiger partial charge in [0.2, 0.25) is 0 Å². The van der Waals surface area contributed by atoms with Crippen LogP contribution in [0.1, 0.15) is 28.0 Å². The second-order valence-electron chi connectivity index (χ2n) is 7.25. The van der Waals surface area contributed by atoms with E-state index in [1.165, 1.54) is 0 Å². The summed E-state index contributed by atoms with van der Waals surface area (Å²) >= 11 is 0. The minimum absolute atomic E-state index is 0.218. The third-order valence-corrected chi connectivity index (χ3v) is 5.27. The number of nitrogens with zero attached hydrogens (tertiary/aromatic N) is 3. The Morgan fingerprint density at radius 2 is 2.03 bits per heavy atom. The first-order valence-corrected chi connectivity index (χ1v) is 9.58. The quantitative estimate of drug-likeness (QED) is 0.736. The molecule has 1 aliphatic heterocycles. The molecule has 0 bridgehead atoms. The van der Waals surface area contributed by atoms with E-state index in [4.69, 9.17) is 10.00 Å². The number of hydrogen-bond donors (Lipinski definition) is 1. The van der Waals surface area contributed by atoms with Gasteiger partial charge in [0.25, 0.3) is 5.91 Å². The Morgan fingerprint density at radius 1 is 1.24 bits per heavy atom. The summed E-state index contributed by atoms with van der Waals surface area (Å²) in [6, 6.07) is 16.5. The smallest absolute Gasteiger partial charge is 0.255 e. The summed E-state index contributed by atoms with van der Waals surface area (Å²) in [6.07, 6.45) is 1.27. The van der Waals surface area contributed by atoms with Crippen LogP contribution in [0.5, 0.6) is 0 Å². The Morgan fingerprint density at radius 3 is 2.72 bits per heavy atom. The van der Waals surface area contributed by atoms with Gasteiger partial charge >= 0.3 is 0 Å². The number of ether oxygens (including phenoxy) is 1. The zero-order chi connectivity index (χ0) is 20.4. The Kier molecular flexibility index (Phi) is 5.15. The monoisotopic (exact) mass is 386 g/mol. The van der Waals surface area contributed by atoms with Crippen LogP contribution in [-0.4, -0.2) is 37.2 Å². The first kappa shape index (κ1) is 18.9. The molecule has 1 unspecified atom stereocenters. The third-order valence-electron chi connectivity index (χ3n) is 5.27. The molecule has 1 saturated heterocycles. The van der Waals surface area contributed by atoms with Gasteiger partial charge in [-0.25, -0.2) is 0 Å². The second kappa shape index (κ2) is 7.90. The summed E-state index contributed by atoms with van der Waals surface area (Å²) in [5.41, 5.74) is 4.65. The molecule has 0 radical (unpaired) electrons. The van der Waals surface area contributed by atoms with Crippen LogP contribution in [-0.2, 0) is 4.74 Å². The van der Waals surface area contributed by atoms with Gasteiger partial charge in [0, 0.05) is 48.2 Å². The summed E-state index contributed by atoms with van der Waals surface area (Å²) in [6.45, 7) is 3.80. The van der Waals surface area contributed by atoms with Crippen molar-refractivity contribution in [2.45, 2.75) is 19.4 Å². The van der Waals surface area contributed by atoms with Crippen molar-refractivity contribution >= 4 is 28.2 Å². The first-order chi connectivity index (χ1) is 14.1. The lowest BCUT2D eigenvalue weighted by atomic mass is 10.1. The topological polar surface area (TPSA) is 78.2 Å². The van der Waals surface area contributed by atoms with Gasteiger partial charge in [-0.15, -0.1) is 0 Å². The lowest BCUT2D eigenvalue weighted by Crippen LogP contribution is -2.22. The molecule has 4 rings (SSSR count). The molecule has 1 fully saturated rings. The number of carbonyl (C=O) groups is 1. The first-order valence-electron chi connectivity index (χ1n) is 9.58. The number of pyridine rings is 1. The van der Waals surface area contributed by atoms with E-state index in [2.05, 4.69) is 27.3 Å². The number of nitrogens with one attached hydrogen (secondary N) is 1. The van der Waals surface area contributed by atoms with Crippen LogP contribution in [0.25, 0.3) is 10.9 Å². The number of hydrogen-bond acceptors (Lipinski definition) is 5. The SMILES string of the molecule is COC1CCN(c2cc(C)nc3cc(NC(=O)c4ccc(C#N)cc4)ccc23)C1. The summed E-state index contributed by atoms with van der Waals surface area (Å²) in [5, 5.41) is 12.9. The van der Waals surface area contributed by atoms with E-state index in [0.29, 0.717) is 16.8 Å². The zero-order valence-corrected chi connectivity index (χ0v) is 16.5. The zero-order valence-electron chi connectivity index (χ0n) is 16.5. The van der Waals surface area contributed by atoms with Crippen molar-refractivity contribution in [2.24, 2.45) is 0 Å². The lowest BCUT2D eigenvalue weighted by Gasteiger charge is -2.21. The fraction of sp³-hybridized carbons (Fsp3) is 0.261. The molecule has 1 atom stereocenters. The van der Waals surface area contributed by atoms with Gasteiger partial charge in [-0.2, -0.15) is 5.26 Å². The Hall–Kier alpha value is -3.43. The number of fused-ring (bicyclic) bond motifs is 1.